The van der Waals surface area contributed by atoms with Crippen molar-refractivity contribution in [2.75, 3.05) is 7.11 Å². The van der Waals surface area contributed by atoms with Gasteiger partial charge in [-0.2, -0.15) is 5.21 Å². The molecule has 0 bridgehead atoms. The Hall–Kier alpha value is -3.04. The standard InChI is InChI=1S/C19H16N4O3S2/c1-26-16-8-3-2-7-15(16)17-9-10-18(27-17)28(24,25)12-13-5-4-6-14(11-13)19-20-22-23-21-19/h2-11H,12H2,1H3,(H,20,21,22,23). The number of tetrazole rings is 1. The van der Waals surface area contributed by atoms with E-state index in [9.17, 15) is 8.42 Å². The van der Waals surface area contributed by atoms with Crippen LogP contribution in [-0.2, 0) is 15.6 Å². The molecule has 0 unspecified atom stereocenters. The summed E-state index contributed by atoms with van der Waals surface area (Å²) in [5, 5.41) is 13.8. The first-order chi connectivity index (χ1) is 13.6. The lowest BCUT2D eigenvalue weighted by atomic mass is 10.1. The van der Waals surface area contributed by atoms with Crippen molar-refractivity contribution in [3.63, 3.8) is 0 Å². The van der Waals surface area contributed by atoms with Gasteiger partial charge in [0.1, 0.15) is 9.96 Å². The molecule has 0 radical (unpaired) electrons. The van der Waals surface area contributed by atoms with Crippen LogP contribution in [0.15, 0.2) is 64.9 Å². The van der Waals surface area contributed by atoms with Crippen LogP contribution >= 0.6 is 11.3 Å². The molecule has 7 nitrogen and oxygen atoms in total. The number of thiophene rings is 1. The van der Waals surface area contributed by atoms with Crippen molar-refractivity contribution in [3.8, 4) is 27.6 Å². The molecule has 0 aliphatic carbocycles. The van der Waals surface area contributed by atoms with E-state index in [-0.39, 0.29) is 5.75 Å². The highest BCUT2D eigenvalue weighted by Gasteiger charge is 2.20. The second-order valence-corrected chi connectivity index (χ2v) is 9.31. The number of para-hydroxylation sites is 1. The van der Waals surface area contributed by atoms with Crippen molar-refractivity contribution >= 4 is 21.2 Å². The Balaban J connectivity index is 1.62. The van der Waals surface area contributed by atoms with Gasteiger partial charge in [-0.1, -0.05) is 30.3 Å². The number of ether oxygens (including phenoxy) is 1. The average molecular weight is 412 g/mol. The van der Waals surface area contributed by atoms with E-state index in [0.29, 0.717) is 26.9 Å². The Bertz CT molecular complexity index is 1200. The minimum Gasteiger partial charge on any atom is -0.496 e. The number of sulfone groups is 1. The number of nitrogens with one attached hydrogen (secondary N) is 1. The zero-order chi connectivity index (χ0) is 19.6. The first-order valence-electron chi connectivity index (χ1n) is 8.35. The SMILES string of the molecule is COc1ccccc1-c1ccc(S(=O)(=O)Cc2cccc(-c3nn[nH]n3)c2)s1. The Morgan fingerprint density at radius 1 is 1.07 bits per heavy atom. The molecule has 142 valence electrons. The van der Waals surface area contributed by atoms with E-state index >= 15 is 0 Å². The lowest BCUT2D eigenvalue weighted by molar-refractivity contribution is 0.416. The molecule has 0 atom stereocenters. The van der Waals surface area contributed by atoms with E-state index in [0.717, 1.165) is 10.4 Å². The number of hydrogen-bond acceptors (Lipinski definition) is 7. The van der Waals surface area contributed by atoms with Crippen LogP contribution in [0.1, 0.15) is 5.56 Å². The van der Waals surface area contributed by atoms with Gasteiger partial charge >= 0.3 is 0 Å². The summed E-state index contributed by atoms with van der Waals surface area (Å²) in [6.45, 7) is 0. The minimum atomic E-state index is -3.49. The number of nitrogens with zero attached hydrogens (tertiary/aromatic N) is 3. The zero-order valence-electron chi connectivity index (χ0n) is 14.9. The second-order valence-electron chi connectivity index (χ2n) is 6.01. The fraction of sp³-hybridized carbons (Fsp3) is 0.105. The maximum absolute atomic E-state index is 12.9. The molecule has 2 aromatic heterocycles. The predicted octanol–water partition coefficient (Wildman–Crippen LogP) is 3.58. The van der Waals surface area contributed by atoms with Gasteiger partial charge in [0.25, 0.3) is 0 Å². The van der Waals surface area contributed by atoms with Crippen molar-refractivity contribution in [1.82, 2.24) is 20.6 Å². The zero-order valence-corrected chi connectivity index (χ0v) is 16.5. The lowest BCUT2D eigenvalue weighted by Gasteiger charge is -2.06. The number of aromatic amines is 1. The van der Waals surface area contributed by atoms with Crippen molar-refractivity contribution < 1.29 is 13.2 Å². The van der Waals surface area contributed by atoms with E-state index in [1.54, 1.807) is 31.4 Å². The molecule has 0 saturated heterocycles. The highest BCUT2D eigenvalue weighted by Crippen LogP contribution is 2.37. The van der Waals surface area contributed by atoms with Gasteiger partial charge in [0.2, 0.25) is 5.82 Å². The number of aromatic nitrogens is 4. The smallest absolute Gasteiger partial charge is 0.204 e. The summed E-state index contributed by atoms with van der Waals surface area (Å²) in [5.74, 6) is 1.03. The molecule has 1 N–H and O–H groups in total. The average Bonchev–Trinajstić information content (AvgIpc) is 3.40. The molecule has 0 saturated carbocycles. The Morgan fingerprint density at radius 3 is 2.71 bits per heavy atom. The third-order valence-electron chi connectivity index (χ3n) is 4.15. The first-order valence-corrected chi connectivity index (χ1v) is 10.8. The van der Waals surface area contributed by atoms with E-state index in [2.05, 4.69) is 20.6 Å². The molecule has 0 fully saturated rings. The van der Waals surface area contributed by atoms with Gasteiger partial charge < -0.3 is 4.74 Å². The Morgan fingerprint density at radius 2 is 1.93 bits per heavy atom. The number of H-pyrrole nitrogens is 1. The predicted molar refractivity (Wildman–Crippen MR) is 107 cm³/mol. The molecule has 0 spiro atoms. The van der Waals surface area contributed by atoms with E-state index in [1.165, 1.54) is 11.3 Å². The van der Waals surface area contributed by atoms with Crippen LogP contribution in [0.5, 0.6) is 5.75 Å². The number of hydrogen-bond donors (Lipinski definition) is 1. The summed E-state index contributed by atoms with van der Waals surface area (Å²) in [4.78, 5) is 0.844. The van der Waals surface area contributed by atoms with Gasteiger partial charge in [-0.3, -0.25) is 0 Å². The summed E-state index contributed by atoms with van der Waals surface area (Å²) in [5.41, 5.74) is 2.24. The van der Waals surface area contributed by atoms with Crippen LogP contribution in [0.25, 0.3) is 21.8 Å². The molecule has 9 heteroatoms. The Labute approximate surface area is 165 Å². The van der Waals surface area contributed by atoms with Crippen molar-refractivity contribution in [2.24, 2.45) is 0 Å². The largest absolute Gasteiger partial charge is 0.496 e. The molecule has 4 rings (SSSR count). The summed E-state index contributed by atoms with van der Waals surface area (Å²) in [7, 11) is -1.89. The molecule has 2 aromatic carbocycles. The summed E-state index contributed by atoms with van der Waals surface area (Å²) < 4.78 is 31.6. The van der Waals surface area contributed by atoms with Crippen LogP contribution in [0.3, 0.4) is 0 Å². The number of rotatable bonds is 6. The molecule has 0 amide bonds. The maximum Gasteiger partial charge on any atom is 0.204 e. The third kappa shape index (κ3) is 3.67. The van der Waals surface area contributed by atoms with Crippen molar-refractivity contribution in [2.45, 2.75) is 9.96 Å². The Kier molecular flexibility index (Phi) is 4.93. The van der Waals surface area contributed by atoms with Crippen LogP contribution in [0, 0.1) is 0 Å². The fourth-order valence-corrected chi connectivity index (χ4v) is 5.61. The van der Waals surface area contributed by atoms with Crippen LogP contribution in [0.2, 0.25) is 0 Å². The van der Waals surface area contributed by atoms with E-state index < -0.39 is 9.84 Å². The molecule has 28 heavy (non-hydrogen) atoms. The van der Waals surface area contributed by atoms with Gasteiger partial charge in [0.15, 0.2) is 9.84 Å². The monoisotopic (exact) mass is 412 g/mol. The summed E-state index contributed by atoms with van der Waals surface area (Å²) in [6, 6.07) is 18.1. The van der Waals surface area contributed by atoms with Crippen molar-refractivity contribution in [3.05, 3.63) is 66.2 Å². The van der Waals surface area contributed by atoms with Crippen LogP contribution in [0.4, 0.5) is 0 Å². The molecular weight excluding hydrogens is 396 g/mol. The van der Waals surface area contributed by atoms with Gasteiger partial charge in [0.05, 0.1) is 12.9 Å². The topological polar surface area (TPSA) is 97.8 Å². The maximum atomic E-state index is 12.9. The molecular formula is C19H16N4O3S2. The van der Waals surface area contributed by atoms with Gasteiger partial charge in [0, 0.05) is 16.0 Å². The normalized spacial score (nSPS) is 11.5. The van der Waals surface area contributed by atoms with Crippen molar-refractivity contribution in [1.29, 1.82) is 0 Å². The lowest BCUT2D eigenvalue weighted by Crippen LogP contribution is -2.03. The van der Waals surface area contributed by atoms with Gasteiger partial charge in [-0.15, -0.1) is 21.5 Å². The highest BCUT2D eigenvalue weighted by atomic mass is 32.2. The van der Waals surface area contributed by atoms with Gasteiger partial charge in [-0.25, -0.2) is 8.42 Å². The summed E-state index contributed by atoms with van der Waals surface area (Å²) >= 11 is 1.24. The van der Waals surface area contributed by atoms with E-state index in [1.807, 2.05) is 36.4 Å². The molecule has 2 heterocycles. The summed E-state index contributed by atoms with van der Waals surface area (Å²) in [6.07, 6.45) is 0. The molecule has 0 aliphatic heterocycles. The second kappa shape index (κ2) is 7.53. The first kappa shape index (κ1) is 18.3. The molecule has 4 aromatic rings. The van der Waals surface area contributed by atoms with Crippen LogP contribution < -0.4 is 4.74 Å². The van der Waals surface area contributed by atoms with Gasteiger partial charge in [-0.05, 0) is 41.1 Å². The third-order valence-corrected chi connectivity index (χ3v) is 7.53. The number of benzene rings is 2. The quantitative estimate of drug-likeness (QED) is 0.520. The fourth-order valence-electron chi connectivity index (χ4n) is 2.86. The van der Waals surface area contributed by atoms with Crippen LogP contribution in [-0.4, -0.2) is 36.2 Å². The molecule has 0 aliphatic rings. The number of methoxy groups -OCH3 is 1. The highest BCUT2D eigenvalue weighted by molar-refractivity contribution is 7.92. The minimum absolute atomic E-state index is 0.107. The van der Waals surface area contributed by atoms with E-state index in [4.69, 9.17) is 4.74 Å².